The number of carbonyl (C=O) groups excluding carboxylic acids is 1. The predicted molar refractivity (Wildman–Crippen MR) is 66.6 cm³/mol. The van der Waals surface area contributed by atoms with Gasteiger partial charge in [-0.05, 0) is 31.2 Å². The minimum atomic E-state index is -0.152. The molecule has 1 atom stereocenters. The summed E-state index contributed by atoms with van der Waals surface area (Å²) in [6.07, 6.45) is 4.56. The van der Waals surface area contributed by atoms with Crippen LogP contribution in [0.5, 0.6) is 0 Å². The highest BCUT2D eigenvalue weighted by atomic mass is 16.5. The van der Waals surface area contributed by atoms with Crippen LogP contribution >= 0.6 is 0 Å². The molecule has 0 aliphatic carbocycles. The standard InChI is InChI=1S/C13H20N2O2/c1-11(13(16)17-3)10-15(2)9-6-12-4-7-14-8-5-12/h4-5,7-8,11H,6,9-10H2,1-3H3. The van der Waals surface area contributed by atoms with Gasteiger partial charge in [-0.15, -0.1) is 0 Å². The molecule has 0 aliphatic heterocycles. The molecule has 0 saturated carbocycles. The van der Waals surface area contributed by atoms with Crippen LogP contribution in [-0.4, -0.2) is 43.1 Å². The van der Waals surface area contributed by atoms with E-state index in [4.69, 9.17) is 4.74 Å². The maximum absolute atomic E-state index is 11.3. The number of hydrogen-bond acceptors (Lipinski definition) is 4. The maximum atomic E-state index is 11.3. The molecule has 1 unspecified atom stereocenters. The minimum Gasteiger partial charge on any atom is -0.469 e. The molecule has 0 aliphatic rings. The van der Waals surface area contributed by atoms with Crippen molar-refractivity contribution in [1.82, 2.24) is 9.88 Å². The van der Waals surface area contributed by atoms with E-state index in [0.29, 0.717) is 0 Å². The van der Waals surface area contributed by atoms with E-state index < -0.39 is 0 Å². The lowest BCUT2D eigenvalue weighted by atomic mass is 10.1. The van der Waals surface area contributed by atoms with E-state index in [9.17, 15) is 4.79 Å². The van der Waals surface area contributed by atoms with Crippen molar-refractivity contribution in [1.29, 1.82) is 0 Å². The van der Waals surface area contributed by atoms with Crippen molar-refractivity contribution < 1.29 is 9.53 Å². The first-order valence-electron chi connectivity index (χ1n) is 5.78. The third kappa shape index (κ3) is 4.95. The van der Waals surface area contributed by atoms with Gasteiger partial charge in [-0.2, -0.15) is 0 Å². The molecular weight excluding hydrogens is 216 g/mol. The van der Waals surface area contributed by atoms with Gasteiger partial charge in [-0.25, -0.2) is 0 Å². The van der Waals surface area contributed by atoms with Gasteiger partial charge >= 0.3 is 5.97 Å². The van der Waals surface area contributed by atoms with E-state index in [2.05, 4.69) is 9.88 Å². The van der Waals surface area contributed by atoms with Crippen LogP contribution < -0.4 is 0 Å². The molecule has 4 heteroatoms. The Balaban J connectivity index is 2.30. The molecule has 0 bridgehead atoms. The van der Waals surface area contributed by atoms with Crippen molar-refractivity contribution in [2.75, 3.05) is 27.2 Å². The summed E-state index contributed by atoms with van der Waals surface area (Å²) < 4.78 is 4.70. The Morgan fingerprint density at radius 3 is 2.71 bits per heavy atom. The Hall–Kier alpha value is -1.42. The van der Waals surface area contributed by atoms with Crippen LogP contribution in [0, 0.1) is 5.92 Å². The van der Waals surface area contributed by atoms with Crippen molar-refractivity contribution in [3.8, 4) is 0 Å². The SMILES string of the molecule is COC(=O)C(C)CN(C)CCc1ccncc1. The van der Waals surface area contributed by atoms with Crippen LogP contribution in [0.2, 0.25) is 0 Å². The van der Waals surface area contributed by atoms with Gasteiger partial charge in [-0.3, -0.25) is 9.78 Å². The molecule has 17 heavy (non-hydrogen) atoms. The van der Waals surface area contributed by atoms with E-state index in [0.717, 1.165) is 19.5 Å². The average Bonchev–Trinajstić information content (AvgIpc) is 2.36. The highest BCUT2D eigenvalue weighted by molar-refractivity contribution is 5.72. The second kappa shape index (κ2) is 7.01. The summed E-state index contributed by atoms with van der Waals surface area (Å²) in [6, 6.07) is 4.02. The molecular formula is C13H20N2O2. The zero-order chi connectivity index (χ0) is 12.7. The number of likely N-dealkylation sites (N-methyl/N-ethyl adjacent to an activating group) is 1. The minimum absolute atomic E-state index is 0.0811. The number of hydrogen-bond donors (Lipinski definition) is 0. The zero-order valence-electron chi connectivity index (χ0n) is 10.7. The topological polar surface area (TPSA) is 42.4 Å². The number of nitrogens with zero attached hydrogens (tertiary/aromatic N) is 2. The Bertz CT molecular complexity index is 341. The zero-order valence-corrected chi connectivity index (χ0v) is 10.7. The summed E-state index contributed by atoms with van der Waals surface area (Å²) >= 11 is 0. The number of methoxy groups -OCH3 is 1. The quantitative estimate of drug-likeness (QED) is 0.700. The molecule has 1 rings (SSSR count). The average molecular weight is 236 g/mol. The molecule has 0 spiro atoms. The van der Waals surface area contributed by atoms with Crippen molar-refractivity contribution in [3.05, 3.63) is 30.1 Å². The molecule has 1 aromatic heterocycles. The lowest BCUT2D eigenvalue weighted by Gasteiger charge is -2.19. The Morgan fingerprint density at radius 2 is 2.12 bits per heavy atom. The molecule has 1 aromatic rings. The van der Waals surface area contributed by atoms with Gasteiger partial charge in [0, 0.05) is 25.5 Å². The van der Waals surface area contributed by atoms with Gasteiger partial charge in [0.2, 0.25) is 0 Å². The monoisotopic (exact) mass is 236 g/mol. The molecule has 0 saturated heterocycles. The third-order valence-electron chi connectivity index (χ3n) is 2.72. The number of carbonyl (C=O) groups is 1. The summed E-state index contributed by atoms with van der Waals surface area (Å²) in [6.45, 7) is 3.53. The van der Waals surface area contributed by atoms with Crippen molar-refractivity contribution in [3.63, 3.8) is 0 Å². The van der Waals surface area contributed by atoms with E-state index in [-0.39, 0.29) is 11.9 Å². The molecule has 4 nitrogen and oxygen atoms in total. The number of pyridine rings is 1. The fourth-order valence-electron chi connectivity index (χ4n) is 1.70. The van der Waals surface area contributed by atoms with Crippen molar-refractivity contribution >= 4 is 5.97 Å². The maximum Gasteiger partial charge on any atom is 0.309 e. The van der Waals surface area contributed by atoms with Crippen LogP contribution in [0.3, 0.4) is 0 Å². The van der Waals surface area contributed by atoms with Crippen LogP contribution in [0.15, 0.2) is 24.5 Å². The number of esters is 1. The number of ether oxygens (including phenoxy) is 1. The molecule has 1 heterocycles. The summed E-state index contributed by atoms with van der Waals surface area (Å²) in [5.41, 5.74) is 1.26. The molecule has 0 fully saturated rings. The van der Waals surface area contributed by atoms with Gasteiger partial charge in [0.25, 0.3) is 0 Å². The van der Waals surface area contributed by atoms with Crippen LogP contribution in [0.25, 0.3) is 0 Å². The Labute approximate surface area is 103 Å². The fourth-order valence-corrected chi connectivity index (χ4v) is 1.70. The number of rotatable bonds is 6. The normalized spacial score (nSPS) is 12.5. The smallest absolute Gasteiger partial charge is 0.309 e. The van der Waals surface area contributed by atoms with Gasteiger partial charge in [0.05, 0.1) is 13.0 Å². The van der Waals surface area contributed by atoms with Gasteiger partial charge in [-0.1, -0.05) is 6.92 Å². The molecule has 0 N–H and O–H groups in total. The Kier molecular flexibility index (Phi) is 5.63. The molecule has 0 aromatic carbocycles. The highest BCUT2D eigenvalue weighted by Crippen LogP contribution is 2.03. The fraction of sp³-hybridized carbons (Fsp3) is 0.538. The van der Waals surface area contributed by atoms with E-state index in [1.807, 2.05) is 26.1 Å². The summed E-state index contributed by atoms with van der Waals surface area (Å²) in [5, 5.41) is 0. The van der Waals surface area contributed by atoms with Crippen LogP contribution in [0.4, 0.5) is 0 Å². The first-order valence-corrected chi connectivity index (χ1v) is 5.78. The largest absolute Gasteiger partial charge is 0.469 e. The second-order valence-electron chi connectivity index (χ2n) is 4.29. The van der Waals surface area contributed by atoms with E-state index in [1.54, 1.807) is 12.4 Å². The molecule has 94 valence electrons. The van der Waals surface area contributed by atoms with Crippen molar-refractivity contribution in [2.24, 2.45) is 5.92 Å². The second-order valence-corrected chi connectivity index (χ2v) is 4.29. The van der Waals surface area contributed by atoms with Gasteiger partial charge in [0.15, 0.2) is 0 Å². The summed E-state index contributed by atoms with van der Waals surface area (Å²) in [5.74, 6) is -0.233. The van der Waals surface area contributed by atoms with Crippen LogP contribution in [0.1, 0.15) is 12.5 Å². The molecule has 0 amide bonds. The summed E-state index contributed by atoms with van der Waals surface area (Å²) in [7, 11) is 3.44. The highest BCUT2D eigenvalue weighted by Gasteiger charge is 2.14. The van der Waals surface area contributed by atoms with E-state index in [1.165, 1.54) is 12.7 Å². The van der Waals surface area contributed by atoms with Crippen molar-refractivity contribution in [2.45, 2.75) is 13.3 Å². The first-order chi connectivity index (χ1) is 8.13. The van der Waals surface area contributed by atoms with E-state index >= 15 is 0 Å². The van der Waals surface area contributed by atoms with Gasteiger partial charge in [0.1, 0.15) is 0 Å². The van der Waals surface area contributed by atoms with Crippen LogP contribution in [-0.2, 0) is 16.0 Å². The Morgan fingerprint density at radius 1 is 1.47 bits per heavy atom. The van der Waals surface area contributed by atoms with Gasteiger partial charge < -0.3 is 9.64 Å². The predicted octanol–water partition coefficient (Wildman–Crippen LogP) is 1.36. The third-order valence-corrected chi connectivity index (χ3v) is 2.72. The molecule has 0 radical (unpaired) electrons. The number of aromatic nitrogens is 1. The summed E-state index contributed by atoms with van der Waals surface area (Å²) in [4.78, 5) is 17.4. The lowest BCUT2D eigenvalue weighted by molar-refractivity contribution is -0.145. The first kappa shape index (κ1) is 13.6. The lowest BCUT2D eigenvalue weighted by Crippen LogP contribution is -2.30.